The van der Waals surface area contributed by atoms with Crippen LogP contribution < -0.4 is 0 Å². The standard InChI is InChI=1S/C14H16ClN3O3S2/c1-4-18-13(19)12(9-17(2)3)22-14(18)16-23(20,21)11-7-5-10(15)6-8-11/h5-9H,4H2,1-3H3/b12-9+,16-14?. The van der Waals surface area contributed by atoms with Gasteiger partial charge in [0.25, 0.3) is 15.9 Å². The Balaban J connectivity index is 2.41. The van der Waals surface area contributed by atoms with E-state index < -0.39 is 10.0 Å². The fourth-order valence-electron chi connectivity index (χ4n) is 1.84. The molecular formula is C14H16ClN3O3S2. The van der Waals surface area contributed by atoms with Crippen molar-refractivity contribution in [1.29, 1.82) is 0 Å². The number of hydrogen-bond acceptors (Lipinski definition) is 5. The summed E-state index contributed by atoms with van der Waals surface area (Å²) in [5.41, 5.74) is 0. The van der Waals surface area contributed by atoms with Crippen LogP contribution in [-0.4, -0.2) is 49.9 Å². The number of nitrogens with zero attached hydrogens (tertiary/aromatic N) is 3. The van der Waals surface area contributed by atoms with E-state index in [1.807, 2.05) is 0 Å². The van der Waals surface area contributed by atoms with Crippen LogP contribution in [0.4, 0.5) is 0 Å². The minimum absolute atomic E-state index is 0.0311. The number of amides is 1. The molecule has 1 heterocycles. The number of sulfonamides is 1. The molecule has 0 unspecified atom stereocenters. The molecular weight excluding hydrogens is 358 g/mol. The minimum Gasteiger partial charge on any atom is -0.382 e. The molecule has 1 saturated heterocycles. The van der Waals surface area contributed by atoms with E-state index in [9.17, 15) is 13.2 Å². The Morgan fingerprint density at radius 2 is 1.91 bits per heavy atom. The van der Waals surface area contributed by atoms with Gasteiger partial charge in [-0.25, -0.2) is 0 Å². The molecule has 6 nitrogen and oxygen atoms in total. The summed E-state index contributed by atoms with van der Waals surface area (Å²) in [5, 5.41) is 0.592. The number of likely N-dealkylation sites (N-methyl/N-ethyl adjacent to an activating group) is 1. The zero-order valence-electron chi connectivity index (χ0n) is 12.9. The first-order chi connectivity index (χ1) is 10.7. The average Bonchev–Trinajstić information content (AvgIpc) is 2.73. The van der Waals surface area contributed by atoms with Gasteiger partial charge >= 0.3 is 0 Å². The first-order valence-corrected chi connectivity index (χ1v) is 9.36. The summed E-state index contributed by atoms with van der Waals surface area (Å²) in [6.07, 6.45) is 1.65. The molecule has 1 aliphatic heterocycles. The smallest absolute Gasteiger partial charge is 0.284 e. The zero-order valence-corrected chi connectivity index (χ0v) is 15.2. The van der Waals surface area contributed by atoms with Gasteiger partial charge < -0.3 is 4.90 Å². The fraction of sp³-hybridized carbons (Fsp3) is 0.286. The highest BCUT2D eigenvalue weighted by Crippen LogP contribution is 2.32. The number of hydrogen-bond donors (Lipinski definition) is 0. The van der Waals surface area contributed by atoms with Crippen molar-refractivity contribution in [3.05, 3.63) is 40.4 Å². The summed E-state index contributed by atoms with van der Waals surface area (Å²) in [6.45, 7) is 2.10. The lowest BCUT2D eigenvalue weighted by Crippen LogP contribution is -2.29. The average molecular weight is 374 g/mol. The quantitative estimate of drug-likeness (QED) is 0.758. The predicted octanol–water partition coefficient (Wildman–Crippen LogP) is 2.38. The molecule has 1 aliphatic rings. The summed E-state index contributed by atoms with van der Waals surface area (Å²) in [5.74, 6) is -0.253. The molecule has 0 atom stereocenters. The summed E-state index contributed by atoms with van der Waals surface area (Å²) in [4.78, 5) is 15.8. The third-order valence-corrected chi connectivity index (χ3v) is 5.53. The molecule has 1 amide bonds. The van der Waals surface area contributed by atoms with Crippen molar-refractivity contribution in [3.63, 3.8) is 0 Å². The molecule has 0 saturated carbocycles. The first kappa shape index (κ1) is 17.8. The fourth-order valence-corrected chi connectivity index (χ4v) is 4.28. The second-order valence-corrected chi connectivity index (χ2v) is 7.96. The molecule has 0 radical (unpaired) electrons. The Morgan fingerprint density at radius 3 is 2.43 bits per heavy atom. The van der Waals surface area contributed by atoms with E-state index in [2.05, 4.69) is 4.40 Å². The van der Waals surface area contributed by atoms with E-state index >= 15 is 0 Å². The number of carbonyl (C=O) groups excluding carboxylic acids is 1. The summed E-state index contributed by atoms with van der Waals surface area (Å²) in [6, 6.07) is 5.74. The molecule has 0 N–H and O–H groups in total. The molecule has 0 bridgehead atoms. The molecule has 2 rings (SSSR count). The van der Waals surface area contributed by atoms with E-state index in [0.717, 1.165) is 11.8 Å². The van der Waals surface area contributed by atoms with Gasteiger partial charge in [0, 0.05) is 31.9 Å². The van der Waals surface area contributed by atoms with E-state index in [1.54, 1.807) is 32.1 Å². The SMILES string of the molecule is CCN1C(=O)/C(=C\N(C)C)SC1=NS(=O)(=O)c1ccc(Cl)cc1. The predicted molar refractivity (Wildman–Crippen MR) is 92.8 cm³/mol. The Kier molecular flexibility index (Phi) is 5.38. The number of halogens is 1. The van der Waals surface area contributed by atoms with Gasteiger partial charge in [-0.3, -0.25) is 9.69 Å². The molecule has 0 spiro atoms. The molecule has 0 aliphatic carbocycles. The molecule has 1 fully saturated rings. The highest BCUT2D eigenvalue weighted by atomic mass is 35.5. The zero-order chi connectivity index (χ0) is 17.2. The highest BCUT2D eigenvalue weighted by Gasteiger charge is 2.34. The molecule has 1 aromatic carbocycles. The van der Waals surface area contributed by atoms with Gasteiger partial charge in [-0.2, -0.15) is 8.42 Å². The van der Waals surface area contributed by atoms with Crippen LogP contribution >= 0.6 is 23.4 Å². The number of benzene rings is 1. The van der Waals surface area contributed by atoms with Crippen LogP contribution in [0.2, 0.25) is 5.02 Å². The van der Waals surface area contributed by atoms with Crippen molar-refractivity contribution in [3.8, 4) is 0 Å². The van der Waals surface area contributed by atoms with Gasteiger partial charge in [-0.15, -0.1) is 4.40 Å². The second-order valence-electron chi connectivity index (χ2n) is 4.91. The Hall–Kier alpha value is -1.51. The number of amidine groups is 1. The van der Waals surface area contributed by atoms with Crippen LogP contribution in [0, 0.1) is 0 Å². The molecule has 0 aromatic heterocycles. The van der Waals surface area contributed by atoms with Crippen LogP contribution in [0.1, 0.15) is 6.92 Å². The lowest BCUT2D eigenvalue weighted by molar-refractivity contribution is -0.122. The number of carbonyl (C=O) groups is 1. The van der Waals surface area contributed by atoms with Gasteiger partial charge in [0.1, 0.15) is 0 Å². The highest BCUT2D eigenvalue weighted by molar-refractivity contribution is 8.19. The largest absolute Gasteiger partial charge is 0.382 e. The van der Waals surface area contributed by atoms with Gasteiger partial charge in [-0.05, 0) is 43.0 Å². The minimum atomic E-state index is -3.91. The topological polar surface area (TPSA) is 70.1 Å². The van der Waals surface area contributed by atoms with Gasteiger partial charge in [0.05, 0.1) is 9.80 Å². The van der Waals surface area contributed by atoms with E-state index in [-0.39, 0.29) is 16.0 Å². The van der Waals surface area contributed by atoms with Crippen LogP contribution in [0.15, 0.2) is 44.7 Å². The van der Waals surface area contributed by atoms with Crippen molar-refractivity contribution < 1.29 is 13.2 Å². The molecule has 9 heteroatoms. The van der Waals surface area contributed by atoms with E-state index in [4.69, 9.17) is 11.6 Å². The Bertz CT molecular complexity index is 771. The maximum atomic E-state index is 12.4. The molecule has 23 heavy (non-hydrogen) atoms. The maximum Gasteiger partial charge on any atom is 0.284 e. The first-order valence-electron chi connectivity index (χ1n) is 6.73. The normalized spacial score (nSPS) is 19.0. The lowest BCUT2D eigenvalue weighted by Gasteiger charge is -2.12. The van der Waals surface area contributed by atoms with E-state index in [1.165, 1.54) is 29.2 Å². The van der Waals surface area contributed by atoms with Gasteiger partial charge in [0.2, 0.25) is 0 Å². The van der Waals surface area contributed by atoms with Crippen LogP contribution in [-0.2, 0) is 14.8 Å². The third-order valence-electron chi connectivity index (χ3n) is 2.89. The molecule has 124 valence electrons. The van der Waals surface area contributed by atoms with E-state index in [0.29, 0.717) is 16.5 Å². The third kappa shape index (κ3) is 4.07. The number of rotatable bonds is 4. The van der Waals surface area contributed by atoms with Crippen molar-refractivity contribution in [1.82, 2.24) is 9.80 Å². The summed E-state index contributed by atoms with van der Waals surface area (Å²) < 4.78 is 28.6. The van der Waals surface area contributed by atoms with Crippen molar-refractivity contribution in [2.45, 2.75) is 11.8 Å². The monoisotopic (exact) mass is 373 g/mol. The Morgan fingerprint density at radius 1 is 1.30 bits per heavy atom. The van der Waals surface area contributed by atoms with Crippen molar-refractivity contribution in [2.75, 3.05) is 20.6 Å². The Labute approximate surface area is 144 Å². The van der Waals surface area contributed by atoms with Crippen LogP contribution in [0.3, 0.4) is 0 Å². The lowest BCUT2D eigenvalue weighted by atomic mass is 10.4. The number of thioether (sulfide) groups is 1. The van der Waals surface area contributed by atoms with Crippen LogP contribution in [0.5, 0.6) is 0 Å². The van der Waals surface area contributed by atoms with Crippen molar-refractivity contribution in [2.24, 2.45) is 4.40 Å². The van der Waals surface area contributed by atoms with Crippen molar-refractivity contribution >= 4 is 44.5 Å². The second kappa shape index (κ2) is 6.94. The van der Waals surface area contributed by atoms with Gasteiger partial charge in [-0.1, -0.05) is 11.6 Å². The summed E-state index contributed by atoms with van der Waals surface area (Å²) >= 11 is 6.81. The maximum absolute atomic E-state index is 12.4. The van der Waals surface area contributed by atoms with Gasteiger partial charge in [0.15, 0.2) is 5.17 Å². The molecule has 1 aromatic rings. The summed E-state index contributed by atoms with van der Waals surface area (Å²) in [7, 11) is -0.328. The van der Waals surface area contributed by atoms with Crippen LogP contribution in [0.25, 0.3) is 0 Å².